The van der Waals surface area contributed by atoms with Crippen LogP contribution in [-0.2, 0) is 0 Å². The van der Waals surface area contributed by atoms with Crippen LogP contribution in [0.2, 0.25) is 5.02 Å². The van der Waals surface area contributed by atoms with Crippen LogP contribution in [-0.4, -0.2) is 0 Å². The Hall–Kier alpha value is -0.790. The number of halogens is 1. The molecule has 0 saturated carbocycles. The summed E-state index contributed by atoms with van der Waals surface area (Å²) in [5.74, 6) is 0. The van der Waals surface area contributed by atoms with Crippen LogP contribution < -0.4 is 5.73 Å². The first-order chi connectivity index (χ1) is 5.65. The number of benzene rings is 1. The molecule has 1 nitrogen and oxygen atoms in total. The van der Waals surface area contributed by atoms with Gasteiger partial charge in [-0.05, 0) is 24.1 Å². The molecule has 0 aliphatic rings. The standard InChI is InChI=1S/C10H12ClN/c1-3-10(12)8-5-4-7(2)9(11)6-8/h3-6,10H,1,12H2,2H3/t10-/m1/s1. The van der Waals surface area contributed by atoms with Crippen molar-refractivity contribution in [1.29, 1.82) is 0 Å². The van der Waals surface area contributed by atoms with Crippen molar-refractivity contribution in [2.45, 2.75) is 13.0 Å². The average molecular weight is 182 g/mol. The first-order valence-electron chi connectivity index (χ1n) is 3.79. The summed E-state index contributed by atoms with van der Waals surface area (Å²) in [7, 11) is 0. The van der Waals surface area contributed by atoms with Crippen molar-refractivity contribution in [2.75, 3.05) is 0 Å². The molecule has 0 aromatic heterocycles. The fraction of sp³-hybridized carbons (Fsp3) is 0.200. The van der Waals surface area contributed by atoms with Gasteiger partial charge in [0.1, 0.15) is 0 Å². The molecule has 2 heteroatoms. The fourth-order valence-corrected chi connectivity index (χ4v) is 1.14. The third-order valence-electron chi connectivity index (χ3n) is 1.83. The van der Waals surface area contributed by atoms with Crippen LogP contribution in [0, 0.1) is 6.92 Å². The Morgan fingerprint density at radius 3 is 2.75 bits per heavy atom. The van der Waals surface area contributed by atoms with Crippen LogP contribution in [0.4, 0.5) is 0 Å². The van der Waals surface area contributed by atoms with Crippen LogP contribution in [0.15, 0.2) is 30.9 Å². The predicted molar refractivity (Wildman–Crippen MR) is 53.3 cm³/mol. The van der Waals surface area contributed by atoms with Gasteiger partial charge in [0.2, 0.25) is 0 Å². The average Bonchev–Trinajstić information content (AvgIpc) is 2.08. The van der Waals surface area contributed by atoms with E-state index in [1.165, 1.54) is 0 Å². The molecular formula is C10H12ClN. The monoisotopic (exact) mass is 181 g/mol. The van der Waals surface area contributed by atoms with Gasteiger partial charge in [0, 0.05) is 11.1 Å². The summed E-state index contributed by atoms with van der Waals surface area (Å²) in [6.45, 7) is 5.58. The third kappa shape index (κ3) is 1.87. The molecule has 1 aromatic rings. The van der Waals surface area contributed by atoms with Gasteiger partial charge in [-0.15, -0.1) is 6.58 Å². The molecule has 0 unspecified atom stereocenters. The lowest BCUT2D eigenvalue weighted by molar-refractivity contribution is 0.913. The molecule has 1 aromatic carbocycles. The van der Waals surface area contributed by atoms with Gasteiger partial charge in [0.25, 0.3) is 0 Å². The van der Waals surface area contributed by atoms with E-state index in [-0.39, 0.29) is 6.04 Å². The van der Waals surface area contributed by atoms with E-state index in [0.717, 1.165) is 16.1 Å². The predicted octanol–water partition coefficient (Wildman–Crippen LogP) is 2.83. The smallest absolute Gasteiger partial charge is 0.0479 e. The highest BCUT2D eigenvalue weighted by Crippen LogP contribution is 2.20. The SMILES string of the molecule is C=C[C@@H](N)c1ccc(C)c(Cl)c1. The van der Waals surface area contributed by atoms with E-state index >= 15 is 0 Å². The molecule has 0 spiro atoms. The molecule has 0 bridgehead atoms. The maximum absolute atomic E-state index is 5.93. The molecule has 0 amide bonds. The molecule has 0 heterocycles. The number of hydrogen-bond acceptors (Lipinski definition) is 1. The molecule has 2 N–H and O–H groups in total. The minimum absolute atomic E-state index is 0.122. The molecule has 0 fully saturated rings. The molecule has 64 valence electrons. The topological polar surface area (TPSA) is 26.0 Å². The Balaban J connectivity index is 3.04. The van der Waals surface area contributed by atoms with E-state index < -0.39 is 0 Å². The number of aryl methyl sites for hydroxylation is 1. The first kappa shape index (κ1) is 9.30. The molecule has 12 heavy (non-hydrogen) atoms. The molecule has 1 atom stereocenters. The number of rotatable bonds is 2. The van der Waals surface area contributed by atoms with Gasteiger partial charge < -0.3 is 5.73 Å². The second-order valence-electron chi connectivity index (χ2n) is 2.77. The Morgan fingerprint density at radius 2 is 2.25 bits per heavy atom. The van der Waals surface area contributed by atoms with E-state index in [1.807, 2.05) is 25.1 Å². The Kier molecular flexibility index (Phi) is 2.90. The van der Waals surface area contributed by atoms with Gasteiger partial charge in [0.05, 0.1) is 0 Å². The van der Waals surface area contributed by atoms with Crippen molar-refractivity contribution in [3.63, 3.8) is 0 Å². The van der Waals surface area contributed by atoms with E-state index in [2.05, 4.69) is 6.58 Å². The number of nitrogens with two attached hydrogens (primary N) is 1. The van der Waals surface area contributed by atoms with Crippen LogP contribution >= 0.6 is 11.6 Å². The Bertz CT molecular complexity index is 294. The molecule has 0 saturated heterocycles. The highest BCUT2D eigenvalue weighted by Gasteiger charge is 2.02. The summed E-state index contributed by atoms with van der Waals surface area (Å²) in [5.41, 5.74) is 7.80. The van der Waals surface area contributed by atoms with Crippen molar-refractivity contribution in [2.24, 2.45) is 5.73 Å². The second-order valence-corrected chi connectivity index (χ2v) is 3.18. The lowest BCUT2D eigenvalue weighted by Crippen LogP contribution is -2.06. The van der Waals surface area contributed by atoms with Crippen LogP contribution in [0.3, 0.4) is 0 Å². The maximum atomic E-state index is 5.93. The molecule has 0 aliphatic heterocycles. The van der Waals surface area contributed by atoms with Gasteiger partial charge in [0.15, 0.2) is 0 Å². The van der Waals surface area contributed by atoms with E-state index in [0.29, 0.717) is 0 Å². The summed E-state index contributed by atoms with van der Waals surface area (Å²) in [6, 6.07) is 5.68. The summed E-state index contributed by atoms with van der Waals surface area (Å²) < 4.78 is 0. The highest BCUT2D eigenvalue weighted by molar-refractivity contribution is 6.31. The van der Waals surface area contributed by atoms with Gasteiger partial charge in [-0.3, -0.25) is 0 Å². The highest BCUT2D eigenvalue weighted by atomic mass is 35.5. The van der Waals surface area contributed by atoms with Crippen LogP contribution in [0.5, 0.6) is 0 Å². The van der Waals surface area contributed by atoms with Crippen molar-refractivity contribution in [1.82, 2.24) is 0 Å². The van der Waals surface area contributed by atoms with E-state index in [4.69, 9.17) is 17.3 Å². The summed E-state index contributed by atoms with van der Waals surface area (Å²) in [4.78, 5) is 0. The molecular weight excluding hydrogens is 170 g/mol. The quantitative estimate of drug-likeness (QED) is 0.698. The van der Waals surface area contributed by atoms with Gasteiger partial charge >= 0.3 is 0 Å². The fourth-order valence-electron chi connectivity index (χ4n) is 0.953. The van der Waals surface area contributed by atoms with E-state index in [1.54, 1.807) is 6.08 Å². The third-order valence-corrected chi connectivity index (χ3v) is 2.24. The van der Waals surface area contributed by atoms with Gasteiger partial charge in [-0.1, -0.05) is 29.8 Å². The van der Waals surface area contributed by atoms with Gasteiger partial charge in [-0.25, -0.2) is 0 Å². The summed E-state index contributed by atoms with van der Waals surface area (Å²) in [5, 5.41) is 0.754. The Labute approximate surface area is 77.8 Å². The largest absolute Gasteiger partial charge is 0.321 e. The Morgan fingerprint density at radius 1 is 1.58 bits per heavy atom. The zero-order valence-corrected chi connectivity index (χ0v) is 7.81. The lowest BCUT2D eigenvalue weighted by atomic mass is 10.1. The minimum Gasteiger partial charge on any atom is -0.321 e. The van der Waals surface area contributed by atoms with Gasteiger partial charge in [-0.2, -0.15) is 0 Å². The maximum Gasteiger partial charge on any atom is 0.0479 e. The van der Waals surface area contributed by atoms with Crippen molar-refractivity contribution in [3.05, 3.63) is 47.0 Å². The summed E-state index contributed by atoms with van der Waals surface area (Å²) in [6.07, 6.45) is 1.70. The van der Waals surface area contributed by atoms with Crippen molar-refractivity contribution in [3.8, 4) is 0 Å². The second kappa shape index (κ2) is 3.74. The molecule has 0 radical (unpaired) electrons. The zero-order valence-electron chi connectivity index (χ0n) is 7.05. The van der Waals surface area contributed by atoms with Crippen molar-refractivity contribution < 1.29 is 0 Å². The minimum atomic E-state index is -0.122. The lowest BCUT2D eigenvalue weighted by Gasteiger charge is -2.07. The molecule has 0 aliphatic carbocycles. The number of hydrogen-bond donors (Lipinski definition) is 1. The summed E-state index contributed by atoms with van der Waals surface area (Å²) >= 11 is 5.93. The molecule has 1 rings (SSSR count). The van der Waals surface area contributed by atoms with Crippen molar-refractivity contribution >= 4 is 11.6 Å². The van der Waals surface area contributed by atoms with Crippen LogP contribution in [0.25, 0.3) is 0 Å². The normalized spacial score (nSPS) is 12.6. The van der Waals surface area contributed by atoms with Crippen LogP contribution in [0.1, 0.15) is 17.2 Å². The zero-order chi connectivity index (χ0) is 9.14. The van der Waals surface area contributed by atoms with E-state index in [9.17, 15) is 0 Å². The first-order valence-corrected chi connectivity index (χ1v) is 4.17.